The lowest BCUT2D eigenvalue weighted by Gasteiger charge is -2.52. The highest BCUT2D eigenvalue weighted by atomic mass is 16.3. The molecule has 9 nitrogen and oxygen atoms in total. The van der Waals surface area contributed by atoms with Crippen molar-refractivity contribution >= 4 is 11.7 Å². The molecule has 1 aliphatic heterocycles. The molecule has 1 aromatic heterocycles. The third-order valence-electron chi connectivity index (χ3n) is 8.94. The van der Waals surface area contributed by atoms with Crippen LogP contribution >= 0.6 is 0 Å². The van der Waals surface area contributed by atoms with E-state index in [9.17, 15) is 9.90 Å². The first-order valence-corrected chi connectivity index (χ1v) is 13.3. The third-order valence-corrected chi connectivity index (χ3v) is 8.94. The molecule has 2 aromatic rings. The van der Waals surface area contributed by atoms with Gasteiger partial charge in [0.2, 0.25) is 11.7 Å². The molecule has 1 unspecified atom stereocenters. The number of amides is 1. The van der Waals surface area contributed by atoms with E-state index in [2.05, 4.69) is 69.5 Å². The Bertz CT molecular complexity index is 1140. The standard InChI is InChI=1S/C28H37N7O2/c1-33(2)28(22-9-4-3-5-10-22)14-12-27(13-15-28)20-34(26(37)35(27)18-21-7-6-8-21)19-25(36)32-23-11-16-30-24(17-29)31-23/h3-5,9-11,16,21,26,37H,6-8,12-15,18-20H2,1-2H3,(H,30,31,32,36). The van der Waals surface area contributed by atoms with Crippen molar-refractivity contribution in [2.24, 2.45) is 5.92 Å². The van der Waals surface area contributed by atoms with Crippen molar-refractivity contribution in [3.63, 3.8) is 0 Å². The molecule has 37 heavy (non-hydrogen) atoms. The van der Waals surface area contributed by atoms with Gasteiger partial charge >= 0.3 is 0 Å². The number of benzene rings is 1. The number of rotatable bonds is 7. The van der Waals surface area contributed by atoms with Crippen LogP contribution in [0.4, 0.5) is 5.82 Å². The van der Waals surface area contributed by atoms with E-state index in [1.807, 2.05) is 11.0 Å². The van der Waals surface area contributed by atoms with Gasteiger partial charge in [-0.2, -0.15) is 5.26 Å². The van der Waals surface area contributed by atoms with Crippen LogP contribution in [0.2, 0.25) is 0 Å². The predicted octanol–water partition coefficient (Wildman–Crippen LogP) is 2.75. The van der Waals surface area contributed by atoms with Gasteiger partial charge in [-0.15, -0.1) is 0 Å². The molecule has 0 radical (unpaired) electrons. The maximum Gasteiger partial charge on any atom is 0.239 e. The summed E-state index contributed by atoms with van der Waals surface area (Å²) in [5, 5.41) is 23.3. The van der Waals surface area contributed by atoms with Crippen LogP contribution in [0.1, 0.15) is 56.3 Å². The van der Waals surface area contributed by atoms with Crippen molar-refractivity contribution < 1.29 is 9.90 Å². The van der Waals surface area contributed by atoms with Crippen LogP contribution in [-0.4, -0.2) is 81.3 Å². The molecule has 3 fully saturated rings. The number of carbonyl (C=O) groups excluding carboxylic acids is 1. The van der Waals surface area contributed by atoms with Crippen LogP contribution in [-0.2, 0) is 10.3 Å². The van der Waals surface area contributed by atoms with Gasteiger partial charge in [0.15, 0.2) is 6.35 Å². The first-order chi connectivity index (χ1) is 17.8. The molecule has 3 aliphatic rings. The molecule has 2 N–H and O–H groups in total. The quantitative estimate of drug-likeness (QED) is 0.594. The van der Waals surface area contributed by atoms with Crippen molar-refractivity contribution in [2.45, 2.75) is 62.4 Å². The van der Waals surface area contributed by atoms with Crippen molar-refractivity contribution in [2.75, 3.05) is 39.0 Å². The van der Waals surface area contributed by atoms with E-state index in [0.29, 0.717) is 18.3 Å². The number of nitrogens with zero attached hydrogens (tertiary/aromatic N) is 6. The van der Waals surface area contributed by atoms with E-state index in [1.165, 1.54) is 31.0 Å². The van der Waals surface area contributed by atoms with Gasteiger partial charge < -0.3 is 10.4 Å². The molecule has 2 saturated carbocycles. The Labute approximate surface area is 219 Å². The van der Waals surface area contributed by atoms with Crippen molar-refractivity contribution in [1.82, 2.24) is 24.7 Å². The minimum Gasteiger partial charge on any atom is -0.365 e. The summed E-state index contributed by atoms with van der Waals surface area (Å²) in [4.78, 5) is 27.4. The Hall–Kier alpha value is -2.90. The highest BCUT2D eigenvalue weighted by molar-refractivity contribution is 5.91. The van der Waals surface area contributed by atoms with E-state index in [-0.39, 0.29) is 29.4 Å². The summed E-state index contributed by atoms with van der Waals surface area (Å²) < 4.78 is 0. The number of hydrogen-bond donors (Lipinski definition) is 2. The van der Waals surface area contributed by atoms with Gasteiger partial charge in [0.05, 0.1) is 6.54 Å². The Morgan fingerprint density at radius 1 is 1.19 bits per heavy atom. The summed E-state index contributed by atoms with van der Waals surface area (Å²) in [6.45, 7) is 1.59. The molecule has 1 amide bonds. The smallest absolute Gasteiger partial charge is 0.239 e. The zero-order chi connectivity index (χ0) is 26.0. The van der Waals surface area contributed by atoms with E-state index >= 15 is 0 Å². The zero-order valence-corrected chi connectivity index (χ0v) is 21.8. The average molecular weight is 504 g/mol. The van der Waals surface area contributed by atoms with Crippen LogP contribution < -0.4 is 5.32 Å². The van der Waals surface area contributed by atoms with Crippen LogP contribution in [0.3, 0.4) is 0 Å². The summed E-state index contributed by atoms with van der Waals surface area (Å²) in [5.74, 6) is 0.655. The fourth-order valence-corrected chi connectivity index (χ4v) is 6.54. The molecule has 196 valence electrons. The first-order valence-electron chi connectivity index (χ1n) is 13.3. The van der Waals surface area contributed by atoms with Gasteiger partial charge in [-0.05, 0) is 70.2 Å². The number of anilines is 1. The fraction of sp³-hybridized carbons (Fsp3) is 0.571. The highest BCUT2D eigenvalue weighted by Gasteiger charge is 2.55. The normalized spacial score (nSPS) is 28.8. The van der Waals surface area contributed by atoms with Gasteiger partial charge in [-0.1, -0.05) is 36.8 Å². The Balaban J connectivity index is 1.33. The zero-order valence-electron chi connectivity index (χ0n) is 21.8. The molecule has 9 heteroatoms. The van der Waals surface area contributed by atoms with E-state index in [0.717, 1.165) is 32.2 Å². The second-order valence-corrected chi connectivity index (χ2v) is 11.1. The fourth-order valence-electron chi connectivity index (χ4n) is 6.54. The molecule has 2 heterocycles. The Morgan fingerprint density at radius 3 is 2.54 bits per heavy atom. The lowest BCUT2D eigenvalue weighted by Crippen LogP contribution is -2.57. The molecule has 1 spiro atoms. The van der Waals surface area contributed by atoms with Crippen LogP contribution in [0.5, 0.6) is 0 Å². The lowest BCUT2D eigenvalue weighted by molar-refractivity contribution is -0.126. The Morgan fingerprint density at radius 2 is 1.92 bits per heavy atom. The number of carbonyl (C=O) groups is 1. The number of hydrogen-bond acceptors (Lipinski definition) is 8. The monoisotopic (exact) mass is 503 g/mol. The number of aliphatic hydroxyl groups excluding tert-OH is 1. The number of nitriles is 1. The number of nitrogens with one attached hydrogen (secondary N) is 1. The summed E-state index contributed by atoms with van der Waals surface area (Å²) in [6, 6.07) is 14.2. The molecular weight excluding hydrogens is 466 g/mol. The van der Waals surface area contributed by atoms with Crippen molar-refractivity contribution in [3.05, 3.63) is 54.0 Å². The van der Waals surface area contributed by atoms with E-state index in [1.54, 1.807) is 6.07 Å². The van der Waals surface area contributed by atoms with Crippen LogP contribution in [0, 0.1) is 17.2 Å². The van der Waals surface area contributed by atoms with Crippen LogP contribution in [0.25, 0.3) is 0 Å². The minimum absolute atomic E-state index is 0.00892. The SMILES string of the molecule is CN(C)C1(c2ccccc2)CCC2(CC1)CN(CC(=O)Nc1ccnc(C#N)n1)C(O)N2CC1CCC1. The topological polar surface area (TPSA) is 109 Å². The molecule has 1 aromatic carbocycles. The Kier molecular flexibility index (Phi) is 7.28. The largest absolute Gasteiger partial charge is 0.365 e. The lowest BCUT2D eigenvalue weighted by atomic mass is 9.68. The maximum absolute atomic E-state index is 12.9. The highest BCUT2D eigenvalue weighted by Crippen LogP contribution is 2.50. The molecular formula is C28H37N7O2. The second kappa shape index (κ2) is 10.5. The molecule has 0 bridgehead atoms. The molecule has 1 atom stereocenters. The van der Waals surface area contributed by atoms with E-state index < -0.39 is 6.35 Å². The number of aliphatic hydroxyl groups is 1. The summed E-state index contributed by atoms with van der Waals surface area (Å²) >= 11 is 0. The van der Waals surface area contributed by atoms with Crippen LogP contribution in [0.15, 0.2) is 42.6 Å². The minimum atomic E-state index is -0.796. The molecule has 2 aliphatic carbocycles. The number of aromatic nitrogens is 2. The van der Waals surface area contributed by atoms with Gasteiger partial charge in [-0.25, -0.2) is 9.97 Å². The van der Waals surface area contributed by atoms with E-state index in [4.69, 9.17) is 5.26 Å². The van der Waals surface area contributed by atoms with Gasteiger partial charge in [0, 0.05) is 30.4 Å². The second-order valence-electron chi connectivity index (χ2n) is 11.1. The molecule has 1 saturated heterocycles. The van der Waals surface area contributed by atoms with Crippen molar-refractivity contribution in [3.8, 4) is 6.07 Å². The summed E-state index contributed by atoms with van der Waals surface area (Å²) in [7, 11) is 4.34. The average Bonchev–Trinajstić information content (AvgIpc) is 3.12. The van der Waals surface area contributed by atoms with Gasteiger partial charge in [0.1, 0.15) is 11.9 Å². The molecule has 5 rings (SSSR count). The summed E-state index contributed by atoms with van der Waals surface area (Å²) in [5.41, 5.74) is 1.15. The van der Waals surface area contributed by atoms with Gasteiger partial charge in [-0.3, -0.25) is 19.5 Å². The first kappa shape index (κ1) is 25.7. The maximum atomic E-state index is 12.9. The van der Waals surface area contributed by atoms with Crippen molar-refractivity contribution in [1.29, 1.82) is 5.26 Å². The third kappa shape index (κ3) is 4.99. The summed E-state index contributed by atoms with van der Waals surface area (Å²) in [6.07, 6.45) is 8.24. The van der Waals surface area contributed by atoms with Gasteiger partial charge in [0.25, 0.3) is 0 Å². The predicted molar refractivity (Wildman–Crippen MR) is 140 cm³/mol.